The first kappa shape index (κ1) is 19.6. The van der Waals surface area contributed by atoms with Crippen LogP contribution < -0.4 is 4.90 Å². The number of rotatable bonds is 4. The number of imidazole rings is 1. The second kappa shape index (κ2) is 7.79. The minimum Gasteiger partial charge on any atom is -0.356 e. The number of hydrogen-bond acceptors (Lipinski definition) is 6. The molecule has 2 atom stereocenters. The van der Waals surface area contributed by atoms with Gasteiger partial charge in [-0.2, -0.15) is 0 Å². The van der Waals surface area contributed by atoms with Gasteiger partial charge in [0.1, 0.15) is 23.5 Å². The predicted octanol–water partition coefficient (Wildman–Crippen LogP) is 3.08. The Balaban J connectivity index is 1.22. The van der Waals surface area contributed by atoms with E-state index in [1.54, 1.807) is 11.1 Å². The average molecular weight is 436 g/mol. The second-order valence-corrected chi connectivity index (χ2v) is 9.16. The maximum Gasteiger partial charge on any atom is 0.227 e. The molecule has 166 valence electrons. The van der Waals surface area contributed by atoms with Crippen LogP contribution in [0.4, 0.5) is 10.2 Å². The Bertz CT molecular complexity index is 1160. The molecule has 1 aliphatic carbocycles. The maximum absolute atomic E-state index is 13.5. The van der Waals surface area contributed by atoms with E-state index in [2.05, 4.69) is 24.8 Å². The van der Waals surface area contributed by atoms with Crippen molar-refractivity contribution in [2.75, 3.05) is 31.1 Å². The van der Waals surface area contributed by atoms with Gasteiger partial charge in [0.2, 0.25) is 5.91 Å². The van der Waals surface area contributed by atoms with Crippen LogP contribution >= 0.6 is 0 Å². The van der Waals surface area contributed by atoms with E-state index in [1.807, 2.05) is 18.2 Å². The molecule has 1 saturated carbocycles. The minimum atomic E-state index is -0.883. The summed E-state index contributed by atoms with van der Waals surface area (Å²) >= 11 is 0. The zero-order valence-electron chi connectivity index (χ0n) is 17.9. The van der Waals surface area contributed by atoms with Gasteiger partial charge >= 0.3 is 0 Å². The number of aromatic amines is 1. The smallest absolute Gasteiger partial charge is 0.227 e. The molecule has 6 rings (SSSR count). The van der Waals surface area contributed by atoms with Gasteiger partial charge in [0.25, 0.3) is 0 Å². The summed E-state index contributed by atoms with van der Waals surface area (Å²) in [5.74, 6) is 2.85. The lowest BCUT2D eigenvalue weighted by Gasteiger charge is -2.34. The highest BCUT2D eigenvalue weighted by molar-refractivity contribution is 5.80. The fourth-order valence-electron chi connectivity index (χ4n) is 4.79. The van der Waals surface area contributed by atoms with Gasteiger partial charge in [-0.05, 0) is 50.3 Å². The zero-order valence-corrected chi connectivity index (χ0v) is 17.9. The molecule has 1 amide bonds. The fourth-order valence-corrected chi connectivity index (χ4v) is 4.79. The van der Waals surface area contributed by atoms with Gasteiger partial charge in [0, 0.05) is 31.7 Å². The number of anilines is 1. The highest BCUT2D eigenvalue weighted by atomic mass is 19.1. The molecule has 3 aliphatic rings. The Morgan fingerprint density at radius 3 is 2.75 bits per heavy atom. The van der Waals surface area contributed by atoms with Crippen LogP contribution in [-0.4, -0.2) is 68.1 Å². The molecule has 9 heteroatoms. The van der Waals surface area contributed by atoms with Crippen molar-refractivity contribution in [3.05, 3.63) is 30.2 Å². The largest absolute Gasteiger partial charge is 0.356 e. The summed E-state index contributed by atoms with van der Waals surface area (Å²) in [6, 6.07) is 5.82. The molecule has 2 saturated heterocycles. The number of fused-ring (bicyclic) bond motifs is 1. The van der Waals surface area contributed by atoms with Gasteiger partial charge in [0.05, 0.1) is 18.0 Å². The average Bonchev–Trinajstić information content (AvgIpc) is 3.45. The summed E-state index contributed by atoms with van der Waals surface area (Å²) in [6.45, 7) is 2.23. The molecule has 0 aromatic carbocycles. The molecule has 2 aliphatic heterocycles. The molecule has 0 unspecified atom stereocenters. The third-order valence-electron chi connectivity index (χ3n) is 6.73. The molecule has 32 heavy (non-hydrogen) atoms. The quantitative estimate of drug-likeness (QED) is 0.677. The Kier molecular flexibility index (Phi) is 4.77. The number of carbonyl (C=O) groups is 1. The fraction of sp³-hybridized carbons (Fsp3) is 0.522. The standard InChI is InChI=1S/C23H26FN7O/c24-16-8-11-31(13-16)23(32)15-2-1-10-30(12-15)19-6-5-17-22(28-19)29-21(27-17)18-7-9-25-20(26-18)14-3-4-14/h5-7,9,14-16H,1-4,8,10-13H2,(H,27,28,29)/t15-,16-/m1/s1. The van der Waals surface area contributed by atoms with E-state index in [0.29, 0.717) is 36.9 Å². The van der Waals surface area contributed by atoms with E-state index >= 15 is 0 Å². The number of piperidine rings is 1. The van der Waals surface area contributed by atoms with Crippen LogP contribution in [0.15, 0.2) is 24.4 Å². The number of nitrogens with one attached hydrogen (secondary N) is 1. The third kappa shape index (κ3) is 3.69. The van der Waals surface area contributed by atoms with Crippen LogP contribution in [-0.2, 0) is 4.79 Å². The van der Waals surface area contributed by atoms with Gasteiger partial charge in [0.15, 0.2) is 11.5 Å². The molecule has 3 fully saturated rings. The molecule has 0 radical (unpaired) electrons. The van der Waals surface area contributed by atoms with Crippen molar-refractivity contribution in [3.63, 3.8) is 0 Å². The normalized spacial score (nSPS) is 23.8. The van der Waals surface area contributed by atoms with Crippen molar-refractivity contribution >= 4 is 22.9 Å². The SMILES string of the molecule is O=C([C@@H]1CCCN(c2ccc3[nH]c(-c4ccnc(C5CC5)n4)nc3n2)C1)N1CC[C@@H](F)C1. The molecule has 3 aromatic rings. The summed E-state index contributed by atoms with van der Waals surface area (Å²) in [5, 5.41) is 0. The van der Waals surface area contributed by atoms with Crippen molar-refractivity contribution in [2.24, 2.45) is 5.92 Å². The van der Waals surface area contributed by atoms with Gasteiger partial charge in [-0.15, -0.1) is 0 Å². The van der Waals surface area contributed by atoms with Crippen LogP contribution in [0.25, 0.3) is 22.7 Å². The first-order valence-electron chi connectivity index (χ1n) is 11.5. The van der Waals surface area contributed by atoms with Crippen molar-refractivity contribution in [1.82, 2.24) is 29.8 Å². The number of hydrogen-bond donors (Lipinski definition) is 1. The Hall–Kier alpha value is -3.10. The minimum absolute atomic E-state index is 0.0770. The monoisotopic (exact) mass is 435 g/mol. The van der Waals surface area contributed by atoms with Crippen LogP contribution in [0.3, 0.4) is 0 Å². The number of carbonyl (C=O) groups excluding carboxylic acids is 1. The van der Waals surface area contributed by atoms with Gasteiger partial charge in [-0.25, -0.2) is 24.3 Å². The molecular weight excluding hydrogens is 409 g/mol. The van der Waals surface area contributed by atoms with Crippen LogP contribution in [0.1, 0.15) is 43.8 Å². The summed E-state index contributed by atoms with van der Waals surface area (Å²) in [7, 11) is 0. The topological polar surface area (TPSA) is 90.9 Å². The van der Waals surface area contributed by atoms with Crippen molar-refractivity contribution in [2.45, 2.75) is 44.2 Å². The summed E-state index contributed by atoms with van der Waals surface area (Å²) in [4.78, 5) is 38.5. The van der Waals surface area contributed by atoms with E-state index in [4.69, 9.17) is 4.98 Å². The molecule has 5 heterocycles. The van der Waals surface area contributed by atoms with Gasteiger partial charge in [-0.1, -0.05) is 0 Å². The second-order valence-electron chi connectivity index (χ2n) is 9.16. The molecule has 0 spiro atoms. The Morgan fingerprint density at radius 1 is 1.03 bits per heavy atom. The Morgan fingerprint density at radius 2 is 1.94 bits per heavy atom. The third-order valence-corrected chi connectivity index (χ3v) is 6.73. The lowest BCUT2D eigenvalue weighted by atomic mass is 9.96. The van der Waals surface area contributed by atoms with Crippen LogP contribution in [0, 0.1) is 5.92 Å². The lowest BCUT2D eigenvalue weighted by Crippen LogP contribution is -2.44. The first-order chi connectivity index (χ1) is 15.6. The van der Waals surface area contributed by atoms with Crippen LogP contribution in [0.5, 0.6) is 0 Å². The lowest BCUT2D eigenvalue weighted by molar-refractivity contribution is -0.134. The number of aromatic nitrogens is 5. The van der Waals surface area contributed by atoms with Gasteiger partial charge < -0.3 is 14.8 Å². The van der Waals surface area contributed by atoms with E-state index < -0.39 is 6.17 Å². The summed E-state index contributed by atoms with van der Waals surface area (Å²) < 4.78 is 13.5. The van der Waals surface area contributed by atoms with E-state index in [0.717, 1.165) is 55.1 Å². The van der Waals surface area contributed by atoms with Crippen molar-refractivity contribution in [1.29, 1.82) is 0 Å². The first-order valence-corrected chi connectivity index (χ1v) is 11.5. The maximum atomic E-state index is 13.5. The molecular formula is C23H26FN7O. The zero-order chi connectivity index (χ0) is 21.7. The molecule has 8 nitrogen and oxygen atoms in total. The number of H-pyrrole nitrogens is 1. The number of alkyl halides is 1. The van der Waals surface area contributed by atoms with Crippen LogP contribution in [0.2, 0.25) is 0 Å². The predicted molar refractivity (Wildman–Crippen MR) is 118 cm³/mol. The number of likely N-dealkylation sites (tertiary alicyclic amines) is 1. The molecule has 0 bridgehead atoms. The summed E-state index contributed by atoms with van der Waals surface area (Å²) in [6.07, 6.45) is 5.43. The van der Waals surface area contributed by atoms with Crippen molar-refractivity contribution in [3.8, 4) is 11.5 Å². The van der Waals surface area contributed by atoms with Gasteiger partial charge in [-0.3, -0.25) is 4.79 Å². The Labute approximate surface area is 185 Å². The molecule has 1 N–H and O–H groups in total. The highest BCUT2D eigenvalue weighted by Crippen LogP contribution is 2.38. The number of pyridine rings is 1. The number of amides is 1. The molecule has 3 aromatic heterocycles. The van der Waals surface area contributed by atoms with E-state index in [-0.39, 0.29) is 18.4 Å². The number of halogens is 1. The highest BCUT2D eigenvalue weighted by Gasteiger charge is 2.34. The van der Waals surface area contributed by atoms with E-state index in [1.165, 1.54) is 0 Å². The summed E-state index contributed by atoms with van der Waals surface area (Å²) in [5.41, 5.74) is 2.27. The van der Waals surface area contributed by atoms with Crippen molar-refractivity contribution < 1.29 is 9.18 Å². The van der Waals surface area contributed by atoms with E-state index in [9.17, 15) is 9.18 Å². The number of nitrogens with zero attached hydrogens (tertiary/aromatic N) is 6.